The number of carbonyl (C=O) groups is 1. The Morgan fingerprint density at radius 1 is 1.67 bits per heavy atom. The van der Waals surface area contributed by atoms with Gasteiger partial charge in [-0.15, -0.1) is 0 Å². The minimum absolute atomic E-state index is 0.129. The van der Waals surface area contributed by atoms with E-state index in [9.17, 15) is 13.6 Å². The topological polar surface area (TPSA) is 76.2 Å². The molecule has 0 aromatic carbocycles. The van der Waals surface area contributed by atoms with Crippen molar-refractivity contribution in [1.29, 1.82) is 0 Å². The third-order valence-electron chi connectivity index (χ3n) is 1.66. The molecule has 0 aliphatic rings. The highest BCUT2D eigenvalue weighted by Gasteiger charge is 2.16. The summed E-state index contributed by atoms with van der Waals surface area (Å²) in [4.78, 5) is 14.0. The zero-order valence-corrected chi connectivity index (χ0v) is 8.96. The van der Waals surface area contributed by atoms with Gasteiger partial charge in [-0.2, -0.15) is 0 Å². The van der Waals surface area contributed by atoms with Crippen LogP contribution in [0.25, 0.3) is 0 Å². The van der Waals surface area contributed by atoms with Gasteiger partial charge in [-0.3, -0.25) is 4.79 Å². The second kappa shape index (κ2) is 4.52. The van der Waals surface area contributed by atoms with Gasteiger partial charge in [0.1, 0.15) is 5.82 Å². The van der Waals surface area contributed by atoms with Crippen LogP contribution in [0.3, 0.4) is 0 Å². The Morgan fingerprint density at radius 3 is 2.73 bits per heavy atom. The van der Waals surface area contributed by atoms with Crippen LogP contribution in [0.2, 0.25) is 0 Å². The van der Waals surface area contributed by atoms with E-state index >= 15 is 0 Å². The van der Waals surface area contributed by atoms with Gasteiger partial charge in [0.15, 0.2) is 0 Å². The maximum atomic E-state index is 12.3. The monoisotopic (exact) mass is 280 g/mol. The van der Waals surface area contributed by atoms with Crippen LogP contribution in [0, 0.1) is 0 Å². The standard InChI is InChI=1S/C8H7BrF2N2O2/c9-4-1-3(7(10)11)8(12)13-5(4)2-6(14)15/h1,7H,2H2,(H2,12,13)(H,14,15). The summed E-state index contributed by atoms with van der Waals surface area (Å²) >= 11 is 2.96. The summed E-state index contributed by atoms with van der Waals surface area (Å²) in [5.74, 6) is -1.45. The predicted molar refractivity (Wildman–Crippen MR) is 52.6 cm³/mol. The van der Waals surface area contributed by atoms with Gasteiger partial charge in [0, 0.05) is 4.47 Å². The van der Waals surface area contributed by atoms with Gasteiger partial charge in [-0.05, 0) is 22.0 Å². The molecule has 0 aliphatic carbocycles. The zero-order valence-electron chi connectivity index (χ0n) is 7.38. The number of rotatable bonds is 3. The number of carboxylic acids is 1. The number of nitrogen functional groups attached to an aromatic ring is 1. The van der Waals surface area contributed by atoms with E-state index in [1.54, 1.807) is 0 Å². The summed E-state index contributed by atoms with van der Waals surface area (Å²) in [6.07, 6.45) is -3.10. The van der Waals surface area contributed by atoms with Crippen molar-refractivity contribution in [1.82, 2.24) is 4.98 Å². The largest absolute Gasteiger partial charge is 0.481 e. The highest BCUT2D eigenvalue weighted by Crippen LogP contribution is 2.28. The van der Waals surface area contributed by atoms with Crippen molar-refractivity contribution in [2.24, 2.45) is 0 Å². The highest BCUT2D eigenvalue weighted by atomic mass is 79.9. The second-order valence-electron chi connectivity index (χ2n) is 2.76. The van der Waals surface area contributed by atoms with Crippen molar-refractivity contribution in [3.8, 4) is 0 Å². The zero-order chi connectivity index (χ0) is 11.6. The molecule has 0 atom stereocenters. The summed E-state index contributed by atoms with van der Waals surface area (Å²) < 4.78 is 24.9. The lowest BCUT2D eigenvalue weighted by Crippen LogP contribution is -2.07. The van der Waals surface area contributed by atoms with E-state index in [0.717, 1.165) is 6.07 Å². The Labute approximate surface area is 92.2 Å². The lowest BCUT2D eigenvalue weighted by atomic mass is 10.2. The summed E-state index contributed by atoms with van der Waals surface area (Å²) in [6, 6.07) is 1.09. The average Bonchev–Trinajstić information content (AvgIpc) is 2.09. The Morgan fingerprint density at radius 2 is 2.27 bits per heavy atom. The molecule has 0 saturated carbocycles. The first-order chi connectivity index (χ1) is 6.91. The van der Waals surface area contributed by atoms with Crippen molar-refractivity contribution in [2.75, 3.05) is 5.73 Å². The predicted octanol–water partition coefficient (Wildman–Crippen LogP) is 1.99. The fourth-order valence-corrected chi connectivity index (χ4v) is 1.47. The van der Waals surface area contributed by atoms with Crippen LogP contribution >= 0.6 is 15.9 Å². The molecule has 4 nitrogen and oxygen atoms in total. The van der Waals surface area contributed by atoms with Crippen molar-refractivity contribution >= 4 is 27.7 Å². The van der Waals surface area contributed by atoms with Crippen molar-refractivity contribution in [2.45, 2.75) is 12.8 Å². The number of halogens is 3. The number of nitrogens with zero attached hydrogens (tertiary/aromatic N) is 1. The third kappa shape index (κ3) is 2.85. The molecule has 0 aliphatic heterocycles. The van der Waals surface area contributed by atoms with Gasteiger partial charge in [-0.25, -0.2) is 13.8 Å². The number of aromatic nitrogens is 1. The SMILES string of the molecule is Nc1nc(CC(=O)O)c(Br)cc1C(F)F. The van der Waals surface area contributed by atoms with E-state index in [4.69, 9.17) is 10.8 Å². The number of alkyl halides is 2. The second-order valence-corrected chi connectivity index (χ2v) is 3.62. The highest BCUT2D eigenvalue weighted by molar-refractivity contribution is 9.10. The average molecular weight is 281 g/mol. The minimum atomic E-state index is -2.73. The molecule has 0 radical (unpaired) electrons. The van der Waals surface area contributed by atoms with Crippen LogP contribution in [0.15, 0.2) is 10.5 Å². The first kappa shape index (κ1) is 11.8. The molecule has 15 heavy (non-hydrogen) atoms. The first-order valence-electron chi connectivity index (χ1n) is 3.86. The van der Waals surface area contributed by atoms with Gasteiger partial charge in [0.2, 0.25) is 0 Å². The summed E-state index contributed by atoms with van der Waals surface area (Å²) in [6.45, 7) is 0. The number of hydrogen-bond donors (Lipinski definition) is 2. The molecule has 0 spiro atoms. The molecule has 82 valence electrons. The lowest BCUT2D eigenvalue weighted by Gasteiger charge is -2.07. The number of aliphatic carboxylic acids is 1. The van der Waals surface area contributed by atoms with Crippen LogP contribution in [-0.4, -0.2) is 16.1 Å². The maximum Gasteiger partial charge on any atom is 0.309 e. The van der Waals surface area contributed by atoms with E-state index in [0.29, 0.717) is 0 Å². The van der Waals surface area contributed by atoms with Crippen LogP contribution in [0.4, 0.5) is 14.6 Å². The smallest absolute Gasteiger partial charge is 0.309 e. The Balaban J connectivity index is 3.13. The molecule has 1 rings (SSSR count). The van der Waals surface area contributed by atoms with Crippen LogP contribution < -0.4 is 5.73 Å². The molecule has 1 aromatic rings. The molecule has 0 saturated heterocycles. The molecule has 3 N–H and O–H groups in total. The lowest BCUT2D eigenvalue weighted by molar-refractivity contribution is -0.136. The number of pyridine rings is 1. The fraction of sp³-hybridized carbons (Fsp3) is 0.250. The molecule has 0 amide bonds. The minimum Gasteiger partial charge on any atom is -0.481 e. The van der Waals surface area contributed by atoms with E-state index < -0.39 is 18.0 Å². The van der Waals surface area contributed by atoms with Crippen molar-refractivity contribution in [3.05, 3.63) is 21.8 Å². The van der Waals surface area contributed by atoms with Crippen LogP contribution in [-0.2, 0) is 11.2 Å². The van der Waals surface area contributed by atoms with E-state index in [2.05, 4.69) is 20.9 Å². The van der Waals surface area contributed by atoms with Gasteiger partial charge in [-0.1, -0.05) is 0 Å². The first-order valence-corrected chi connectivity index (χ1v) is 4.66. The Bertz CT molecular complexity index is 398. The maximum absolute atomic E-state index is 12.3. The fourth-order valence-electron chi connectivity index (χ4n) is 0.999. The van der Waals surface area contributed by atoms with Gasteiger partial charge in [0.25, 0.3) is 6.43 Å². The number of carboxylic acid groups (broad SMARTS) is 1. The molecular formula is C8H7BrF2N2O2. The third-order valence-corrected chi connectivity index (χ3v) is 2.35. The number of anilines is 1. The van der Waals surface area contributed by atoms with Crippen LogP contribution in [0.1, 0.15) is 17.7 Å². The quantitative estimate of drug-likeness (QED) is 0.888. The molecule has 1 heterocycles. The van der Waals surface area contributed by atoms with Crippen LogP contribution in [0.5, 0.6) is 0 Å². The molecule has 1 aromatic heterocycles. The van der Waals surface area contributed by atoms with Gasteiger partial charge in [0.05, 0.1) is 17.7 Å². The Kier molecular flexibility index (Phi) is 3.57. The summed E-state index contributed by atoms with van der Waals surface area (Å²) in [5, 5.41) is 8.51. The Hall–Kier alpha value is -1.24. The van der Waals surface area contributed by atoms with Crippen molar-refractivity contribution in [3.63, 3.8) is 0 Å². The molecule has 0 unspecified atom stereocenters. The number of hydrogen-bond acceptors (Lipinski definition) is 3. The van der Waals surface area contributed by atoms with Gasteiger partial charge >= 0.3 is 5.97 Å². The van der Waals surface area contributed by atoms with E-state index in [1.165, 1.54) is 0 Å². The van der Waals surface area contributed by atoms with E-state index in [-0.39, 0.29) is 22.4 Å². The summed E-state index contributed by atoms with van der Waals surface area (Å²) in [5.41, 5.74) is 4.98. The normalized spacial score (nSPS) is 10.7. The van der Waals surface area contributed by atoms with E-state index in [1.807, 2.05) is 0 Å². The molecule has 0 fully saturated rings. The van der Waals surface area contributed by atoms with Gasteiger partial charge < -0.3 is 10.8 Å². The summed E-state index contributed by atoms with van der Waals surface area (Å²) in [7, 11) is 0. The molecular weight excluding hydrogens is 274 g/mol. The van der Waals surface area contributed by atoms with Crippen molar-refractivity contribution < 1.29 is 18.7 Å². The molecule has 7 heteroatoms. The molecule has 0 bridgehead atoms. The number of nitrogens with two attached hydrogens (primary N) is 1.